The maximum absolute atomic E-state index is 13.7. The predicted octanol–water partition coefficient (Wildman–Crippen LogP) is 3.02. The van der Waals surface area contributed by atoms with Gasteiger partial charge < -0.3 is 24.3 Å². The van der Waals surface area contributed by atoms with Crippen molar-refractivity contribution in [3.05, 3.63) is 101 Å². The number of nitrogens with zero attached hydrogens (tertiary/aromatic N) is 4. The summed E-state index contributed by atoms with van der Waals surface area (Å²) in [6.07, 6.45) is 10.1. The molecule has 226 valence electrons. The zero-order chi connectivity index (χ0) is 31.3. The monoisotopic (exact) mass is 614 g/mol. The molecule has 12 nitrogen and oxygen atoms in total. The molecule has 0 bridgehead atoms. The Hall–Kier alpha value is -5.35. The molecule has 2 aliphatic rings. The molecule has 3 aromatic rings. The van der Waals surface area contributed by atoms with E-state index in [0.717, 1.165) is 5.52 Å². The molecule has 1 unspecified atom stereocenters. The normalized spacial score (nSPS) is 15.6. The zero-order valence-corrected chi connectivity index (χ0v) is 24.9. The van der Waals surface area contributed by atoms with E-state index in [0.29, 0.717) is 33.9 Å². The van der Waals surface area contributed by atoms with Crippen molar-refractivity contribution in [2.75, 3.05) is 24.4 Å². The van der Waals surface area contributed by atoms with E-state index < -0.39 is 27.9 Å². The number of amides is 1. The lowest BCUT2D eigenvalue weighted by molar-refractivity contribution is -0.143. The topological polar surface area (TPSA) is 156 Å². The molecule has 1 atom stereocenters. The molecule has 1 amide bonds. The molecule has 13 heteroatoms. The fourth-order valence-corrected chi connectivity index (χ4v) is 6.25. The molecule has 1 aliphatic carbocycles. The first-order valence-corrected chi connectivity index (χ1v) is 15.2. The van der Waals surface area contributed by atoms with E-state index in [1.807, 2.05) is 11.6 Å². The van der Waals surface area contributed by atoms with Gasteiger partial charge in [-0.1, -0.05) is 18.2 Å². The Morgan fingerprint density at radius 3 is 2.66 bits per heavy atom. The first kappa shape index (κ1) is 30.1. The Morgan fingerprint density at radius 2 is 1.91 bits per heavy atom. The van der Waals surface area contributed by atoms with Gasteiger partial charge in [-0.05, 0) is 67.1 Å². The highest BCUT2D eigenvalue weighted by Gasteiger charge is 2.35. The Morgan fingerprint density at radius 1 is 1.11 bits per heavy atom. The van der Waals surface area contributed by atoms with Crippen LogP contribution in [0.15, 0.2) is 89.5 Å². The molecule has 0 radical (unpaired) electrons. The molecule has 5 rings (SSSR count). The van der Waals surface area contributed by atoms with E-state index in [4.69, 9.17) is 14.7 Å². The summed E-state index contributed by atoms with van der Waals surface area (Å²) in [4.78, 5) is 30.5. The van der Waals surface area contributed by atoms with Crippen molar-refractivity contribution in [1.29, 1.82) is 5.26 Å². The molecule has 1 aliphatic heterocycles. The van der Waals surface area contributed by atoms with E-state index in [1.165, 1.54) is 6.08 Å². The van der Waals surface area contributed by atoms with Gasteiger partial charge in [-0.2, -0.15) is 5.26 Å². The first-order valence-electron chi connectivity index (χ1n) is 13.7. The third-order valence-corrected chi connectivity index (χ3v) is 8.47. The number of benzene rings is 2. The van der Waals surface area contributed by atoms with Gasteiger partial charge in [0, 0.05) is 13.2 Å². The number of ether oxygens (including phenoxy) is 2. The van der Waals surface area contributed by atoms with Gasteiger partial charge in [-0.3, -0.25) is 14.3 Å². The van der Waals surface area contributed by atoms with Crippen LogP contribution in [0.5, 0.6) is 5.75 Å². The largest absolute Gasteiger partial charge is 0.486 e. The lowest BCUT2D eigenvalue weighted by atomic mass is 9.97. The molecule has 44 heavy (non-hydrogen) atoms. The molecule has 2 N–H and O–H groups in total. The van der Waals surface area contributed by atoms with Gasteiger partial charge in [-0.15, -0.1) is 0 Å². The summed E-state index contributed by atoms with van der Waals surface area (Å²) in [5.41, 5.74) is 2.91. The van der Waals surface area contributed by atoms with Gasteiger partial charge in [0.15, 0.2) is 0 Å². The summed E-state index contributed by atoms with van der Waals surface area (Å²) in [5, 5.41) is 11.5. The highest BCUT2D eigenvalue weighted by molar-refractivity contribution is 7.96. The fourth-order valence-electron chi connectivity index (χ4n) is 4.87. The van der Waals surface area contributed by atoms with Crippen LogP contribution in [0.1, 0.15) is 18.3 Å². The van der Waals surface area contributed by atoms with Crippen LogP contribution in [0, 0.1) is 11.3 Å². The lowest BCUT2D eigenvalue weighted by Crippen LogP contribution is -2.45. The van der Waals surface area contributed by atoms with Crippen LogP contribution in [0.2, 0.25) is 0 Å². The number of esters is 1. The van der Waals surface area contributed by atoms with Crippen molar-refractivity contribution in [3.63, 3.8) is 0 Å². The summed E-state index contributed by atoms with van der Waals surface area (Å²) >= 11 is 0. The van der Waals surface area contributed by atoms with Crippen molar-refractivity contribution < 1.29 is 27.5 Å². The minimum Gasteiger partial charge on any atom is -0.486 e. The van der Waals surface area contributed by atoms with Crippen molar-refractivity contribution in [3.8, 4) is 11.8 Å². The minimum absolute atomic E-state index is 0.0615. The number of aryl methyl sites for hydroxylation is 1. The van der Waals surface area contributed by atoms with Gasteiger partial charge in [0.1, 0.15) is 24.7 Å². The number of hydrogen-bond acceptors (Lipinski definition) is 9. The molecular weight excluding hydrogens is 584 g/mol. The van der Waals surface area contributed by atoms with Crippen molar-refractivity contribution in [1.82, 2.24) is 19.8 Å². The molecule has 1 aromatic heterocycles. The smallest absolute Gasteiger partial charge is 0.325 e. The Balaban J connectivity index is 1.30. The van der Waals surface area contributed by atoms with Crippen molar-refractivity contribution in [2.24, 2.45) is 7.05 Å². The summed E-state index contributed by atoms with van der Waals surface area (Å²) < 4.78 is 42.6. The van der Waals surface area contributed by atoms with E-state index in [9.17, 15) is 18.0 Å². The molecule has 0 saturated carbocycles. The Labute approximate surface area is 254 Å². The highest BCUT2D eigenvalue weighted by Crippen LogP contribution is 2.32. The van der Waals surface area contributed by atoms with E-state index in [-0.39, 0.29) is 31.2 Å². The van der Waals surface area contributed by atoms with Crippen LogP contribution in [0.25, 0.3) is 11.0 Å². The molecule has 0 spiro atoms. The van der Waals surface area contributed by atoms with Gasteiger partial charge in [0.05, 0.1) is 52.5 Å². The Bertz CT molecular complexity index is 1870. The first-order chi connectivity index (χ1) is 21.2. The number of nitrogens with one attached hydrogen (secondary N) is 2. The van der Waals surface area contributed by atoms with Gasteiger partial charge >= 0.3 is 5.97 Å². The molecule has 2 heterocycles. The maximum Gasteiger partial charge on any atom is 0.325 e. The van der Waals surface area contributed by atoms with Crippen LogP contribution < -0.4 is 14.8 Å². The second-order valence-corrected chi connectivity index (χ2v) is 11.6. The summed E-state index contributed by atoms with van der Waals surface area (Å²) in [6.45, 7) is 1.59. The van der Waals surface area contributed by atoms with E-state index >= 15 is 0 Å². The summed E-state index contributed by atoms with van der Waals surface area (Å²) in [7, 11) is -2.23. The number of carbonyl (C=O) groups excluding carboxylic acids is 2. The fraction of sp³-hybridized carbons (Fsp3) is 0.226. The number of allylic oxidation sites excluding steroid dienone is 4. The summed E-state index contributed by atoms with van der Waals surface area (Å²) in [5.74, 6) is 0.211. The SMILES string of the molecule is CCOC(=O)CNC(=O)CN1C=CC=C2C=CC=C(S(=O)(=O)Nc3ccc4c(c3)nc(COc3ccc(C#N)cc3)n4C)C21. The van der Waals surface area contributed by atoms with Gasteiger partial charge in [0.2, 0.25) is 5.91 Å². The lowest BCUT2D eigenvalue weighted by Gasteiger charge is -2.35. The Kier molecular flexibility index (Phi) is 8.82. The standard InChI is InChI=1S/C31H30N6O6S/c1-3-42-30(39)18-33-29(38)19-37-15-5-7-22-6-4-8-27(31(22)37)44(40,41)35-23-11-14-26-25(16-23)34-28(36(26)2)20-43-24-12-9-21(17-32)10-13-24/h4-16,31,35H,3,18-20H2,1-2H3,(H,33,38). The van der Waals surface area contributed by atoms with Crippen LogP contribution in [-0.2, 0) is 38.0 Å². The third kappa shape index (κ3) is 6.66. The van der Waals surface area contributed by atoms with E-state index in [2.05, 4.69) is 21.1 Å². The highest BCUT2D eigenvalue weighted by atomic mass is 32.2. The average molecular weight is 615 g/mol. The molecule has 2 aromatic carbocycles. The van der Waals surface area contributed by atoms with Crippen LogP contribution in [-0.4, -0.2) is 60.5 Å². The number of hydrogen-bond donors (Lipinski definition) is 2. The number of imidazole rings is 1. The zero-order valence-electron chi connectivity index (χ0n) is 24.1. The third-order valence-electron chi connectivity index (χ3n) is 6.98. The number of aromatic nitrogens is 2. The van der Waals surface area contributed by atoms with Crippen molar-refractivity contribution >= 4 is 38.6 Å². The van der Waals surface area contributed by atoms with Gasteiger partial charge in [-0.25, -0.2) is 13.4 Å². The quantitative estimate of drug-likeness (QED) is 0.310. The van der Waals surface area contributed by atoms with Crippen LogP contribution >= 0.6 is 0 Å². The van der Waals surface area contributed by atoms with Crippen LogP contribution in [0.3, 0.4) is 0 Å². The minimum atomic E-state index is -4.08. The molecular formula is C31H30N6O6S. The average Bonchev–Trinajstić information content (AvgIpc) is 3.33. The number of carbonyl (C=O) groups is 2. The number of anilines is 1. The molecule has 0 saturated heterocycles. The second kappa shape index (κ2) is 12.9. The predicted molar refractivity (Wildman–Crippen MR) is 163 cm³/mol. The maximum atomic E-state index is 13.7. The summed E-state index contributed by atoms with van der Waals surface area (Å²) in [6, 6.07) is 13.2. The molecule has 0 fully saturated rings. The number of fused-ring (bicyclic) bond motifs is 2. The van der Waals surface area contributed by atoms with Gasteiger partial charge in [0.25, 0.3) is 10.0 Å². The van der Waals surface area contributed by atoms with E-state index in [1.54, 1.807) is 84.8 Å². The van der Waals surface area contributed by atoms with Crippen LogP contribution in [0.4, 0.5) is 5.69 Å². The second-order valence-electron chi connectivity index (χ2n) is 9.91. The van der Waals surface area contributed by atoms with Crippen molar-refractivity contribution in [2.45, 2.75) is 19.6 Å². The number of rotatable bonds is 11. The number of nitriles is 1. The number of sulfonamides is 1.